The molecule has 1 aromatic rings. The summed E-state index contributed by atoms with van der Waals surface area (Å²) in [5.41, 5.74) is 2.54. The first-order valence-electron chi connectivity index (χ1n) is 11.6. The van der Waals surface area contributed by atoms with Gasteiger partial charge in [0.25, 0.3) is 0 Å². The van der Waals surface area contributed by atoms with Crippen LogP contribution in [0.4, 0.5) is 4.79 Å². The van der Waals surface area contributed by atoms with Crippen LogP contribution in [0, 0.1) is 30.6 Å². The van der Waals surface area contributed by atoms with Crippen LogP contribution in [-0.4, -0.2) is 49.8 Å². The number of rotatable bonds is 5. The predicted molar refractivity (Wildman–Crippen MR) is 114 cm³/mol. The number of urea groups is 1. The summed E-state index contributed by atoms with van der Waals surface area (Å²) in [6.07, 6.45) is 6.77. The molecule has 1 saturated heterocycles. The monoisotopic (exact) mass is 397 g/mol. The van der Waals surface area contributed by atoms with Crippen LogP contribution in [0.5, 0.6) is 0 Å². The third-order valence-corrected chi connectivity index (χ3v) is 7.89. The molecule has 5 heteroatoms. The molecule has 5 nitrogen and oxygen atoms in total. The molecule has 2 amide bonds. The van der Waals surface area contributed by atoms with Crippen LogP contribution in [0.2, 0.25) is 0 Å². The number of amides is 2. The van der Waals surface area contributed by atoms with Gasteiger partial charge in [0.1, 0.15) is 0 Å². The standard InChI is InChI=1S/C24H35N3O2/c1-16-3-2-4-19(9-16)22(27-5-7-29-8-6-27)15-25-24(28)26-23-20-11-17-10-18(13-20)14-21(23)12-17/h2-4,9,17-18,20-23H,5-8,10-15H2,1H3,(H2,25,26,28). The molecule has 5 fully saturated rings. The Balaban J connectivity index is 1.22. The van der Waals surface area contributed by atoms with Crippen molar-refractivity contribution >= 4 is 6.03 Å². The van der Waals surface area contributed by atoms with Gasteiger partial charge in [-0.3, -0.25) is 4.90 Å². The molecule has 4 saturated carbocycles. The zero-order chi connectivity index (χ0) is 19.8. The maximum Gasteiger partial charge on any atom is 0.315 e. The molecule has 4 bridgehead atoms. The van der Waals surface area contributed by atoms with Crippen LogP contribution < -0.4 is 10.6 Å². The lowest BCUT2D eigenvalue weighted by molar-refractivity contribution is -0.00967. The summed E-state index contributed by atoms with van der Waals surface area (Å²) in [6.45, 7) is 6.13. The van der Waals surface area contributed by atoms with E-state index in [9.17, 15) is 4.79 Å². The largest absolute Gasteiger partial charge is 0.379 e. The van der Waals surface area contributed by atoms with Crippen molar-refractivity contribution in [3.63, 3.8) is 0 Å². The lowest BCUT2D eigenvalue weighted by Gasteiger charge is -2.54. The zero-order valence-electron chi connectivity index (χ0n) is 17.6. The Morgan fingerprint density at radius 2 is 1.79 bits per heavy atom. The van der Waals surface area contributed by atoms with Crippen molar-refractivity contribution in [1.29, 1.82) is 0 Å². The smallest absolute Gasteiger partial charge is 0.315 e. The lowest BCUT2D eigenvalue weighted by atomic mass is 9.54. The van der Waals surface area contributed by atoms with Gasteiger partial charge >= 0.3 is 6.03 Å². The molecule has 29 heavy (non-hydrogen) atoms. The minimum Gasteiger partial charge on any atom is -0.379 e. The Hall–Kier alpha value is -1.59. The highest BCUT2D eigenvalue weighted by Crippen LogP contribution is 2.53. The number of carbonyl (C=O) groups excluding carboxylic acids is 1. The summed E-state index contributed by atoms with van der Waals surface area (Å²) < 4.78 is 5.55. The number of ether oxygens (including phenoxy) is 1. The molecule has 1 heterocycles. The summed E-state index contributed by atoms with van der Waals surface area (Å²) in [7, 11) is 0. The Morgan fingerprint density at radius 3 is 2.45 bits per heavy atom. The molecular formula is C24H35N3O2. The fourth-order valence-electron chi connectivity index (χ4n) is 6.78. The van der Waals surface area contributed by atoms with E-state index in [1.54, 1.807) is 0 Å². The molecule has 5 aliphatic rings. The Morgan fingerprint density at radius 1 is 1.10 bits per heavy atom. The summed E-state index contributed by atoms with van der Waals surface area (Å²) in [4.78, 5) is 15.3. The fraction of sp³-hybridized carbons (Fsp3) is 0.708. The molecule has 6 rings (SSSR count). The van der Waals surface area contributed by atoms with E-state index in [1.165, 1.54) is 43.2 Å². The average Bonchev–Trinajstić information content (AvgIpc) is 2.71. The van der Waals surface area contributed by atoms with E-state index in [0.29, 0.717) is 24.4 Å². The van der Waals surface area contributed by atoms with Gasteiger partial charge in [0.2, 0.25) is 0 Å². The van der Waals surface area contributed by atoms with Crippen LogP contribution in [0.15, 0.2) is 24.3 Å². The summed E-state index contributed by atoms with van der Waals surface area (Å²) >= 11 is 0. The van der Waals surface area contributed by atoms with Crippen LogP contribution in [0.3, 0.4) is 0 Å². The van der Waals surface area contributed by atoms with Gasteiger partial charge in [0.15, 0.2) is 0 Å². The second-order valence-corrected chi connectivity index (χ2v) is 9.89. The number of hydrogen-bond acceptors (Lipinski definition) is 3. The van der Waals surface area contributed by atoms with Crippen molar-refractivity contribution in [2.24, 2.45) is 23.7 Å². The highest BCUT2D eigenvalue weighted by atomic mass is 16.5. The Kier molecular flexibility index (Phi) is 5.53. The third-order valence-electron chi connectivity index (χ3n) is 7.89. The Bertz CT molecular complexity index is 703. The van der Waals surface area contributed by atoms with Gasteiger partial charge in [0.05, 0.1) is 19.3 Å². The maximum atomic E-state index is 12.9. The minimum atomic E-state index is 0.0217. The topological polar surface area (TPSA) is 53.6 Å². The Labute approximate surface area is 174 Å². The van der Waals surface area contributed by atoms with E-state index in [2.05, 4.69) is 46.7 Å². The van der Waals surface area contributed by atoms with E-state index >= 15 is 0 Å². The SMILES string of the molecule is Cc1cccc(C(CNC(=O)NC2C3CC4CC(C3)CC2C4)N2CCOCC2)c1. The number of nitrogens with one attached hydrogen (secondary N) is 2. The quantitative estimate of drug-likeness (QED) is 0.800. The molecule has 158 valence electrons. The van der Waals surface area contributed by atoms with E-state index in [0.717, 1.165) is 38.1 Å². The molecule has 1 aliphatic heterocycles. The molecule has 1 aromatic carbocycles. The first-order valence-corrected chi connectivity index (χ1v) is 11.6. The highest BCUT2D eigenvalue weighted by molar-refractivity contribution is 5.74. The molecule has 0 aromatic heterocycles. The molecule has 1 atom stereocenters. The van der Waals surface area contributed by atoms with Crippen LogP contribution in [0.1, 0.15) is 49.3 Å². The van der Waals surface area contributed by atoms with E-state index in [1.807, 2.05) is 0 Å². The van der Waals surface area contributed by atoms with Crippen molar-refractivity contribution in [2.75, 3.05) is 32.8 Å². The van der Waals surface area contributed by atoms with E-state index < -0.39 is 0 Å². The van der Waals surface area contributed by atoms with Gasteiger partial charge in [-0.15, -0.1) is 0 Å². The third kappa shape index (κ3) is 4.17. The normalized spacial score (nSPS) is 34.7. The average molecular weight is 398 g/mol. The lowest BCUT2D eigenvalue weighted by Crippen LogP contribution is -2.58. The molecule has 0 spiro atoms. The van der Waals surface area contributed by atoms with Crippen molar-refractivity contribution in [3.05, 3.63) is 35.4 Å². The number of hydrogen-bond donors (Lipinski definition) is 2. The van der Waals surface area contributed by atoms with Crippen molar-refractivity contribution in [1.82, 2.24) is 15.5 Å². The van der Waals surface area contributed by atoms with Crippen LogP contribution >= 0.6 is 0 Å². The number of aryl methyl sites for hydroxylation is 1. The number of carbonyl (C=O) groups is 1. The number of benzene rings is 1. The van der Waals surface area contributed by atoms with Crippen LogP contribution in [-0.2, 0) is 4.74 Å². The maximum absolute atomic E-state index is 12.9. The minimum absolute atomic E-state index is 0.0217. The van der Waals surface area contributed by atoms with Gasteiger partial charge in [-0.05, 0) is 68.3 Å². The van der Waals surface area contributed by atoms with Gasteiger partial charge in [-0.25, -0.2) is 4.79 Å². The van der Waals surface area contributed by atoms with E-state index in [4.69, 9.17) is 4.74 Å². The van der Waals surface area contributed by atoms with Gasteiger partial charge in [-0.2, -0.15) is 0 Å². The van der Waals surface area contributed by atoms with Crippen LogP contribution in [0.25, 0.3) is 0 Å². The highest BCUT2D eigenvalue weighted by Gasteiger charge is 2.48. The van der Waals surface area contributed by atoms with Gasteiger partial charge in [0, 0.05) is 25.7 Å². The first-order chi connectivity index (χ1) is 14.2. The molecule has 4 aliphatic carbocycles. The van der Waals surface area contributed by atoms with Crippen molar-refractivity contribution in [2.45, 2.75) is 51.1 Å². The van der Waals surface area contributed by atoms with E-state index in [-0.39, 0.29) is 12.1 Å². The second kappa shape index (κ2) is 8.27. The van der Waals surface area contributed by atoms with Crippen molar-refractivity contribution < 1.29 is 9.53 Å². The summed E-state index contributed by atoms with van der Waals surface area (Å²) in [5, 5.41) is 6.61. The summed E-state index contributed by atoms with van der Waals surface area (Å²) in [5.74, 6) is 3.30. The van der Waals surface area contributed by atoms with Gasteiger partial charge < -0.3 is 15.4 Å². The van der Waals surface area contributed by atoms with Crippen molar-refractivity contribution in [3.8, 4) is 0 Å². The number of morpholine rings is 1. The predicted octanol–water partition coefficient (Wildman–Crippen LogP) is 3.49. The number of nitrogens with zero attached hydrogens (tertiary/aromatic N) is 1. The van der Waals surface area contributed by atoms with Gasteiger partial charge in [-0.1, -0.05) is 29.8 Å². The molecule has 1 unspecified atom stereocenters. The second-order valence-electron chi connectivity index (χ2n) is 9.89. The zero-order valence-corrected chi connectivity index (χ0v) is 17.6. The molecule has 0 radical (unpaired) electrons. The molecular weight excluding hydrogens is 362 g/mol. The first kappa shape index (κ1) is 19.4. The summed E-state index contributed by atoms with van der Waals surface area (Å²) in [6, 6.07) is 9.29. The molecule has 2 N–H and O–H groups in total. The fourth-order valence-corrected chi connectivity index (χ4v) is 6.78.